The summed E-state index contributed by atoms with van der Waals surface area (Å²) in [5.41, 5.74) is 4.07. The summed E-state index contributed by atoms with van der Waals surface area (Å²) < 4.78 is 0. The maximum Gasteiger partial charge on any atom is 0.254 e. The third-order valence-corrected chi connectivity index (χ3v) is 5.00. The monoisotopic (exact) mass is 334 g/mol. The van der Waals surface area contributed by atoms with Crippen LogP contribution in [0.5, 0.6) is 0 Å². The minimum absolute atomic E-state index is 0.0394. The number of rotatable bonds is 5. The van der Waals surface area contributed by atoms with Gasteiger partial charge in [-0.15, -0.1) is 0 Å². The molecule has 2 amide bonds. The van der Waals surface area contributed by atoms with E-state index < -0.39 is 0 Å². The van der Waals surface area contributed by atoms with Gasteiger partial charge in [-0.2, -0.15) is 0 Å². The minimum atomic E-state index is -0.0513. The van der Waals surface area contributed by atoms with Crippen LogP contribution in [0.15, 0.2) is 48.5 Å². The lowest BCUT2D eigenvalue weighted by Crippen LogP contribution is -2.44. The van der Waals surface area contributed by atoms with Gasteiger partial charge in [0.05, 0.1) is 6.54 Å². The Morgan fingerprint density at radius 1 is 1.08 bits per heavy atom. The van der Waals surface area contributed by atoms with Gasteiger partial charge in [-0.05, 0) is 47.9 Å². The molecule has 4 rings (SSSR count). The van der Waals surface area contributed by atoms with Crippen LogP contribution in [0.1, 0.15) is 28.8 Å². The average Bonchev–Trinajstić information content (AvgIpc) is 3.47. The van der Waals surface area contributed by atoms with E-state index in [1.165, 1.54) is 12.8 Å². The maximum absolute atomic E-state index is 12.7. The Hall–Kier alpha value is -2.62. The molecule has 0 aromatic heterocycles. The van der Waals surface area contributed by atoms with Crippen molar-refractivity contribution >= 4 is 11.8 Å². The van der Waals surface area contributed by atoms with Crippen molar-refractivity contribution in [2.75, 3.05) is 19.6 Å². The predicted octanol–water partition coefficient (Wildman–Crippen LogP) is 2.88. The number of carbonyl (C=O) groups is 2. The van der Waals surface area contributed by atoms with Crippen LogP contribution in [0, 0.1) is 5.92 Å². The van der Waals surface area contributed by atoms with Crippen LogP contribution in [0.2, 0.25) is 0 Å². The van der Waals surface area contributed by atoms with Crippen LogP contribution >= 0.6 is 0 Å². The average molecular weight is 334 g/mol. The van der Waals surface area contributed by atoms with E-state index in [1.807, 2.05) is 30.3 Å². The van der Waals surface area contributed by atoms with Crippen LogP contribution in [0.25, 0.3) is 11.1 Å². The van der Waals surface area contributed by atoms with E-state index in [2.05, 4.69) is 23.5 Å². The second-order valence-corrected chi connectivity index (χ2v) is 6.96. The molecule has 2 aromatic rings. The summed E-state index contributed by atoms with van der Waals surface area (Å²) in [5.74, 6) is 0.560. The topological polar surface area (TPSA) is 49.4 Å². The fraction of sp³-hybridized carbons (Fsp3) is 0.333. The third-order valence-electron chi connectivity index (χ3n) is 5.00. The molecule has 128 valence electrons. The molecule has 1 aliphatic carbocycles. The normalized spacial score (nSPS) is 16.5. The Morgan fingerprint density at radius 3 is 2.64 bits per heavy atom. The van der Waals surface area contributed by atoms with E-state index in [-0.39, 0.29) is 18.4 Å². The second-order valence-electron chi connectivity index (χ2n) is 6.96. The molecular formula is C21H22N2O2. The standard InChI is InChI=1S/C21H22N2O2/c24-20(22-13-15-6-7-15)14-23-11-10-18-12-17(8-9-19(18)21(23)25)16-4-2-1-3-5-16/h1-5,8-9,12,15H,6-7,10-11,13-14H2,(H,22,24). The molecule has 0 atom stereocenters. The molecule has 1 heterocycles. The van der Waals surface area contributed by atoms with Crippen LogP contribution < -0.4 is 5.32 Å². The Kier molecular flexibility index (Phi) is 4.26. The number of nitrogens with zero attached hydrogens (tertiary/aromatic N) is 1. The number of fused-ring (bicyclic) bond motifs is 1. The number of nitrogens with one attached hydrogen (secondary N) is 1. The molecule has 0 radical (unpaired) electrons. The zero-order chi connectivity index (χ0) is 17.2. The molecule has 1 aliphatic heterocycles. The predicted molar refractivity (Wildman–Crippen MR) is 97.2 cm³/mol. The highest BCUT2D eigenvalue weighted by Gasteiger charge is 2.27. The molecule has 2 aromatic carbocycles. The molecule has 25 heavy (non-hydrogen) atoms. The van der Waals surface area contributed by atoms with Crippen molar-refractivity contribution in [3.05, 3.63) is 59.7 Å². The number of benzene rings is 2. The Bertz CT molecular complexity index is 797. The SMILES string of the molecule is O=C(CN1CCc2cc(-c3ccccc3)ccc2C1=O)NCC1CC1. The summed E-state index contributed by atoms with van der Waals surface area (Å²) in [6.45, 7) is 1.50. The van der Waals surface area contributed by atoms with Gasteiger partial charge in [0.2, 0.25) is 5.91 Å². The lowest BCUT2D eigenvalue weighted by Gasteiger charge is -2.28. The summed E-state index contributed by atoms with van der Waals surface area (Å²) in [5, 5.41) is 2.93. The summed E-state index contributed by atoms with van der Waals surface area (Å²) in [6, 6.07) is 16.2. The second kappa shape index (κ2) is 6.71. The van der Waals surface area contributed by atoms with E-state index in [1.54, 1.807) is 4.90 Å². The van der Waals surface area contributed by atoms with E-state index in [4.69, 9.17) is 0 Å². The first kappa shape index (κ1) is 15.9. The minimum Gasteiger partial charge on any atom is -0.354 e. The van der Waals surface area contributed by atoms with E-state index in [0.29, 0.717) is 12.5 Å². The number of amides is 2. The zero-order valence-electron chi connectivity index (χ0n) is 14.2. The van der Waals surface area contributed by atoms with Gasteiger partial charge in [0.1, 0.15) is 0 Å². The van der Waals surface area contributed by atoms with Gasteiger partial charge >= 0.3 is 0 Å². The molecule has 0 unspecified atom stereocenters. The lowest BCUT2D eigenvalue weighted by molar-refractivity contribution is -0.121. The molecule has 0 bridgehead atoms. The van der Waals surface area contributed by atoms with Crippen molar-refractivity contribution < 1.29 is 9.59 Å². The van der Waals surface area contributed by atoms with Crippen LogP contribution in [0.4, 0.5) is 0 Å². The summed E-state index contributed by atoms with van der Waals surface area (Å²) in [7, 11) is 0. The first-order chi connectivity index (χ1) is 12.2. The van der Waals surface area contributed by atoms with E-state index in [9.17, 15) is 9.59 Å². The number of carbonyl (C=O) groups excluding carboxylic acids is 2. The fourth-order valence-corrected chi connectivity index (χ4v) is 3.31. The Morgan fingerprint density at radius 2 is 1.88 bits per heavy atom. The molecule has 0 saturated heterocycles. The first-order valence-electron chi connectivity index (χ1n) is 8.95. The third kappa shape index (κ3) is 3.58. The highest BCUT2D eigenvalue weighted by Crippen LogP contribution is 2.28. The molecular weight excluding hydrogens is 312 g/mol. The van der Waals surface area contributed by atoms with Crippen molar-refractivity contribution in [1.29, 1.82) is 0 Å². The van der Waals surface area contributed by atoms with Crippen molar-refractivity contribution in [2.45, 2.75) is 19.3 Å². The van der Waals surface area contributed by atoms with Gasteiger partial charge in [-0.3, -0.25) is 9.59 Å². The highest BCUT2D eigenvalue weighted by atomic mass is 16.2. The number of hydrogen-bond donors (Lipinski definition) is 1. The Labute approximate surface area is 147 Å². The van der Waals surface area contributed by atoms with Crippen molar-refractivity contribution in [1.82, 2.24) is 10.2 Å². The largest absolute Gasteiger partial charge is 0.354 e. The summed E-state index contributed by atoms with van der Waals surface area (Å²) >= 11 is 0. The Balaban J connectivity index is 1.46. The van der Waals surface area contributed by atoms with E-state index >= 15 is 0 Å². The van der Waals surface area contributed by atoms with Gasteiger partial charge in [-0.25, -0.2) is 0 Å². The van der Waals surface area contributed by atoms with Crippen molar-refractivity contribution in [2.24, 2.45) is 5.92 Å². The zero-order valence-corrected chi connectivity index (χ0v) is 14.2. The summed E-state index contributed by atoms with van der Waals surface area (Å²) in [6.07, 6.45) is 3.21. The molecule has 1 fully saturated rings. The molecule has 4 nitrogen and oxygen atoms in total. The van der Waals surface area contributed by atoms with Gasteiger partial charge in [-0.1, -0.05) is 42.5 Å². The number of hydrogen-bond acceptors (Lipinski definition) is 2. The van der Waals surface area contributed by atoms with E-state index in [0.717, 1.165) is 35.2 Å². The van der Waals surface area contributed by atoms with Crippen molar-refractivity contribution in [3.8, 4) is 11.1 Å². The van der Waals surface area contributed by atoms with Gasteiger partial charge in [0, 0.05) is 18.7 Å². The fourth-order valence-electron chi connectivity index (χ4n) is 3.31. The quantitative estimate of drug-likeness (QED) is 0.914. The molecule has 0 spiro atoms. The van der Waals surface area contributed by atoms with Crippen molar-refractivity contribution in [3.63, 3.8) is 0 Å². The van der Waals surface area contributed by atoms with Crippen LogP contribution in [-0.2, 0) is 11.2 Å². The molecule has 1 saturated carbocycles. The van der Waals surface area contributed by atoms with Gasteiger partial charge < -0.3 is 10.2 Å². The highest BCUT2D eigenvalue weighted by molar-refractivity contribution is 5.99. The molecule has 4 heteroatoms. The summed E-state index contributed by atoms with van der Waals surface area (Å²) in [4.78, 5) is 26.4. The van der Waals surface area contributed by atoms with Gasteiger partial charge in [0.15, 0.2) is 0 Å². The van der Waals surface area contributed by atoms with Crippen LogP contribution in [0.3, 0.4) is 0 Å². The van der Waals surface area contributed by atoms with Gasteiger partial charge in [0.25, 0.3) is 5.91 Å². The smallest absolute Gasteiger partial charge is 0.254 e. The molecule has 1 N–H and O–H groups in total. The maximum atomic E-state index is 12.7. The van der Waals surface area contributed by atoms with Crippen LogP contribution in [-0.4, -0.2) is 36.3 Å². The first-order valence-corrected chi connectivity index (χ1v) is 8.95. The molecule has 2 aliphatic rings. The lowest BCUT2D eigenvalue weighted by atomic mass is 9.94.